The molecule has 0 fully saturated rings. The Hall–Kier alpha value is -1.05. The number of allylic oxidation sites excluding steroid dienone is 4. The van der Waals surface area contributed by atoms with Crippen LogP contribution in [0.3, 0.4) is 0 Å². The van der Waals surface area contributed by atoms with E-state index in [1.807, 2.05) is 6.92 Å². The highest BCUT2D eigenvalue weighted by atomic mass is 16.4. The van der Waals surface area contributed by atoms with Crippen molar-refractivity contribution in [2.24, 2.45) is 5.92 Å². The van der Waals surface area contributed by atoms with Crippen LogP contribution >= 0.6 is 0 Å². The van der Waals surface area contributed by atoms with Crippen LogP contribution < -0.4 is 0 Å². The maximum Gasteiger partial charge on any atom is 0.303 e. The highest BCUT2D eigenvalue weighted by Crippen LogP contribution is 2.13. The van der Waals surface area contributed by atoms with Gasteiger partial charge in [0.05, 0.1) is 0 Å². The molecule has 0 aromatic rings. The highest BCUT2D eigenvalue weighted by molar-refractivity contribution is 5.66. The molecular formula is C15H26O2. The lowest BCUT2D eigenvalue weighted by Crippen LogP contribution is -2.03. The van der Waals surface area contributed by atoms with Gasteiger partial charge in [0.1, 0.15) is 0 Å². The zero-order valence-corrected chi connectivity index (χ0v) is 11.6. The van der Waals surface area contributed by atoms with Crippen molar-refractivity contribution in [2.75, 3.05) is 0 Å². The summed E-state index contributed by atoms with van der Waals surface area (Å²) in [6, 6.07) is 0. The first-order valence-corrected chi connectivity index (χ1v) is 6.42. The van der Waals surface area contributed by atoms with Gasteiger partial charge in [-0.3, -0.25) is 4.79 Å². The third-order valence-electron chi connectivity index (χ3n) is 2.77. The molecule has 17 heavy (non-hydrogen) atoms. The topological polar surface area (TPSA) is 37.3 Å². The first-order chi connectivity index (χ1) is 7.91. The Morgan fingerprint density at radius 3 is 2.35 bits per heavy atom. The van der Waals surface area contributed by atoms with Gasteiger partial charge in [-0.05, 0) is 52.4 Å². The van der Waals surface area contributed by atoms with Crippen molar-refractivity contribution in [2.45, 2.75) is 59.8 Å². The van der Waals surface area contributed by atoms with E-state index in [0.29, 0.717) is 0 Å². The van der Waals surface area contributed by atoms with Crippen LogP contribution in [0.15, 0.2) is 23.3 Å². The molecule has 98 valence electrons. The predicted octanol–water partition coefficient (Wildman–Crippen LogP) is 4.57. The number of carboxylic acid groups (broad SMARTS) is 1. The highest BCUT2D eigenvalue weighted by Gasteiger charge is 2.05. The molecular weight excluding hydrogens is 212 g/mol. The number of hydrogen-bond donors (Lipinski definition) is 1. The van der Waals surface area contributed by atoms with Gasteiger partial charge in [0, 0.05) is 6.42 Å². The zero-order chi connectivity index (χ0) is 13.3. The molecule has 0 saturated carbocycles. The van der Waals surface area contributed by atoms with Gasteiger partial charge in [-0.1, -0.05) is 30.2 Å². The largest absolute Gasteiger partial charge is 0.481 e. The molecule has 0 bridgehead atoms. The summed E-state index contributed by atoms with van der Waals surface area (Å²) in [4.78, 5) is 10.5. The summed E-state index contributed by atoms with van der Waals surface area (Å²) in [5.74, 6) is -0.420. The van der Waals surface area contributed by atoms with Crippen LogP contribution in [0, 0.1) is 5.92 Å². The van der Waals surface area contributed by atoms with Crippen LogP contribution in [0.1, 0.15) is 59.8 Å². The monoisotopic (exact) mass is 238 g/mol. The number of hydrogen-bond acceptors (Lipinski definition) is 1. The fourth-order valence-electron chi connectivity index (χ4n) is 1.70. The Balaban J connectivity index is 3.76. The molecule has 0 spiro atoms. The standard InChI is InChI=1S/C15H26O2/c1-12(2)7-5-8-13(3)9-6-10-14(4)11-15(16)17/h7,9,14H,5-6,8,10-11H2,1-4H3,(H,16,17)/b13-9+. The van der Waals surface area contributed by atoms with Gasteiger partial charge in [0.25, 0.3) is 0 Å². The van der Waals surface area contributed by atoms with E-state index in [1.54, 1.807) is 0 Å². The van der Waals surface area contributed by atoms with Crippen LogP contribution in [-0.2, 0) is 4.79 Å². The fourth-order valence-corrected chi connectivity index (χ4v) is 1.70. The average Bonchev–Trinajstić information content (AvgIpc) is 2.15. The first-order valence-electron chi connectivity index (χ1n) is 6.42. The van der Waals surface area contributed by atoms with Crippen molar-refractivity contribution >= 4 is 5.97 Å². The first kappa shape index (κ1) is 16.0. The third-order valence-corrected chi connectivity index (χ3v) is 2.77. The van der Waals surface area contributed by atoms with E-state index in [2.05, 4.69) is 32.9 Å². The Morgan fingerprint density at radius 2 is 1.82 bits per heavy atom. The molecule has 1 atom stereocenters. The molecule has 0 aliphatic carbocycles. The minimum atomic E-state index is -0.693. The predicted molar refractivity (Wildman–Crippen MR) is 73.1 cm³/mol. The quantitative estimate of drug-likeness (QED) is 0.629. The van der Waals surface area contributed by atoms with Gasteiger partial charge >= 0.3 is 5.97 Å². The normalized spacial score (nSPS) is 13.3. The lowest BCUT2D eigenvalue weighted by Gasteiger charge is -2.06. The summed E-state index contributed by atoms with van der Waals surface area (Å²) < 4.78 is 0. The Bertz CT molecular complexity index is 283. The van der Waals surface area contributed by atoms with E-state index in [-0.39, 0.29) is 12.3 Å². The van der Waals surface area contributed by atoms with E-state index >= 15 is 0 Å². The van der Waals surface area contributed by atoms with Crippen LogP contribution in [0.25, 0.3) is 0 Å². The number of carboxylic acids is 1. The molecule has 0 saturated heterocycles. The van der Waals surface area contributed by atoms with E-state index < -0.39 is 5.97 Å². The zero-order valence-electron chi connectivity index (χ0n) is 11.6. The Kier molecular flexibility index (Phi) is 8.47. The third kappa shape index (κ3) is 11.2. The molecule has 2 heteroatoms. The molecule has 0 rings (SSSR count). The summed E-state index contributed by atoms with van der Waals surface area (Å²) in [5.41, 5.74) is 2.78. The number of rotatable bonds is 8. The van der Waals surface area contributed by atoms with Crippen LogP contribution in [0.2, 0.25) is 0 Å². The summed E-state index contributed by atoms with van der Waals surface area (Å²) in [5, 5.41) is 8.64. The minimum absolute atomic E-state index is 0.273. The van der Waals surface area contributed by atoms with Gasteiger partial charge in [-0.15, -0.1) is 0 Å². The van der Waals surface area contributed by atoms with Crippen molar-refractivity contribution in [3.05, 3.63) is 23.3 Å². The summed E-state index contributed by atoms with van der Waals surface area (Å²) in [6.45, 7) is 8.39. The van der Waals surface area contributed by atoms with Crippen molar-refractivity contribution in [3.63, 3.8) is 0 Å². The fraction of sp³-hybridized carbons (Fsp3) is 0.667. The molecule has 1 unspecified atom stereocenters. The number of aliphatic carboxylic acids is 1. The summed E-state index contributed by atoms with van der Waals surface area (Å²) >= 11 is 0. The van der Waals surface area contributed by atoms with Gasteiger partial charge in [0.2, 0.25) is 0 Å². The molecule has 0 heterocycles. The molecule has 1 N–H and O–H groups in total. The maximum absolute atomic E-state index is 10.5. The van der Waals surface area contributed by atoms with E-state index in [9.17, 15) is 4.79 Å². The second-order valence-electron chi connectivity index (χ2n) is 5.15. The average molecular weight is 238 g/mol. The second kappa shape index (κ2) is 9.03. The Morgan fingerprint density at radius 1 is 1.18 bits per heavy atom. The van der Waals surface area contributed by atoms with E-state index in [4.69, 9.17) is 5.11 Å². The van der Waals surface area contributed by atoms with Crippen molar-refractivity contribution < 1.29 is 9.90 Å². The maximum atomic E-state index is 10.5. The van der Waals surface area contributed by atoms with Gasteiger partial charge < -0.3 is 5.11 Å². The molecule has 0 radical (unpaired) electrons. The second-order valence-corrected chi connectivity index (χ2v) is 5.15. The lowest BCUT2D eigenvalue weighted by molar-refractivity contribution is -0.138. The molecule has 0 amide bonds. The van der Waals surface area contributed by atoms with E-state index in [1.165, 1.54) is 11.1 Å². The van der Waals surface area contributed by atoms with Gasteiger partial charge in [-0.2, -0.15) is 0 Å². The van der Waals surface area contributed by atoms with Crippen molar-refractivity contribution in [3.8, 4) is 0 Å². The van der Waals surface area contributed by atoms with Crippen LogP contribution in [0.4, 0.5) is 0 Å². The SMILES string of the molecule is CC(C)=CCC/C(C)=C/CCC(C)CC(=O)O. The Labute approximate surface area is 105 Å². The van der Waals surface area contributed by atoms with Crippen LogP contribution in [0.5, 0.6) is 0 Å². The summed E-state index contributed by atoms with van der Waals surface area (Å²) in [7, 11) is 0. The lowest BCUT2D eigenvalue weighted by atomic mass is 10.0. The van der Waals surface area contributed by atoms with Crippen LogP contribution in [-0.4, -0.2) is 11.1 Å². The minimum Gasteiger partial charge on any atom is -0.481 e. The molecule has 2 nitrogen and oxygen atoms in total. The molecule has 0 aliphatic rings. The molecule has 0 aliphatic heterocycles. The smallest absolute Gasteiger partial charge is 0.303 e. The number of carbonyl (C=O) groups is 1. The van der Waals surface area contributed by atoms with Crippen molar-refractivity contribution in [1.29, 1.82) is 0 Å². The molecule has 0 aromatic carbocycles. The van der Waals surface area contributed by atoms with E-state index in [0.717, 1.165) is 25.7 Å². The van der Waals surface area contributed by atoms with Gasteiger partial charge in [-0.25, -0.2) is 0 Å². The summed E-state index contributed by atoms with van der Waals surface area (Å²) in [6.07, 6.45) is 8.96. The van der Waals surface area contributed by atoms with Crippen molar-refractivity contribution in [1.82, 2.24) is 0 Å². The molecule has 0 aromatic heterocycles. The van der Waals surface area contributed by atoms with Gasteiger partial charge in [0.15, 0.2) is 0 Å².